The molecule has 1 amide bonds. The lowest BCUT2D eigenvalue weighted by atomic mass is 10.1. The number of piperazine rings is 1. The summed E-state index contributed by atoms with van der Waals surface area (Å²) in [7, 11) is 1.74. The van der Waals surface area contributed by atoms with Gasteiger partial charge in [-0.3, -0.25) is 14.6 Å². The Balaban J connectivity index is 1.17. The summed E-state index contributed by atoms with van der Waals surface area (Å²) in [5.74, 6) is -0.659. The lowest BCUT2D eigenvalue weighted by Gasteiger charge is -2.34. The number of amides is 1. The average Bonchev–Trinajstić information content (AvgIpc) is 3.45. The van der Waals surface area contributed by atoms with Crippen molar-refractivity contribution in [2.24, 2.45) is 0 Å². The molecule has 1 aliphatic rings. The Morgan fingerprint density at radius 1 is 0.976 bits per heavy atom. The van der Waals surface area contributed by atoms with Gasteiger partial charge in [-0.25, -0.2) is 19.3 Å². The van der Waals surface area contributed by atoms with Crippen LogP contribution in [0.15, 0.2) is 79.0 Å². The van der Waals surface area contributed by atoms with Crippen LogP contribution in [0.3, 0.4) is 0 Å². The first-order chi connectivity index (χ1) is 20.6. The standard InChI is InChI=1S/C32H31FN6O2S/c1-41-18-17-38-13-15-39(16-14-38)21-22-19-29-32(34-20-22)42-31(37-29)25-5-2-3-6-27(25)36-30(40)28-8-4-7-26(35-28)23-9-11-24(33)12-10-23/h2-12,19-20H,13-18,21H2,1H3,(H,36,40). The molecule has 2 aromatic carbocycles. The maximum absolute atomic E-state index is 13.4. The molecule has 1 N–H and O–H groups in total. The Kier molecular flexibility index (Phi) is 8.57. The molecule has 1 saturated heterocycles. The fourth-order valence-corrected chi connectivity index (χ4v) is 5.95. The second-order valence-corrected chi connectivity index (χ2v) is 11.2. The van der Waals surface area contributed by atoms with Gasteiger partial charge in [0.25, 0.3) is 5.91 Å². The minimum absolute atomic E-state index is 0.266. The van der Waals surface area contributed by atoms with E-state index in [2.05, 4.69) is 26.2 Å². The number of halogens is 1. The number of carbonyl (C=O) groups is 1. The van der Waals surface area contributed by atoms with Crippen molar-refractivity contribution < 1.29 is 13.9 Å². The number of benzene rings is 2. The number of aromatic nitrogens is 3. The van der Waals surface area contributed by atoms with E-state index < -0.39 is 0 Å². The number of hydrogen-bond acceptors (Lipinski definition) is 8. The van der Waals surface area contributed by atoms with Gasteiger partial charge in [-0.15, -0.1) is 0 Å². The van der Waals surface area contributed by atoms with Crippen molar-refractivity contribution in [3.05, 3.63) is 96.1 Å². The van der Waals surface area contributed by atoms with E-state index in [-0.39, 0.29) is 17.4 Å². The van der Waals surface area contributed by atoms with Gasteiger partial charge in [0, 0.05) is 63.7 Å². The number of carbonyl (C=O) groups excluding carboxylic acids is 1. The molecule has 42 heavy (non-hydrogen) atoms. The van der Waals surface area contributed by atoms with Crippen LogP contribution < -0.4 is 5.32 Å². The maximum Gasteiger partial charge on any atom is 0.274 e. The van der Waals surface area contributed by atoms with Crippen LogP contribution in [0.25, 0.3) is 32.2 Å². The molecule has 214 valence electrons. The summed E-state index contributed by atoms with van der Waals surface area (Å²) in [5, 5.41) is 3.79. The van der Waals surface area contributed by atoms with Crippen molar-refractivity contribution in [3.8, 4) is 21.8 Å². The lowest BCUT2D eigenvalue weighted by Crippen LogP contribution is -2.46. The van der Waals surface area contributed by atoms with Crippen molar-refractivity contribution in [3.63, 3.8) is 0 Å². The summed E-state index contributed by atoms with van der Waals surface area (Å²) in [4.78, 5) is 33.1. The minimum atomic E-state index is -0.338. The zero-order valence-corrected chi connectivity index (χ0v) is 24.1. The third-order valence-electron chi connectivity index (χ3n) is 7.31. The van der Waals surface area contributed by atoms with E-state index in [0.29, 0.717) is 11.4 Å². The van der Waals surface area contributed by atoms with Crippen molar-refractivity contribution in [1.82, 2.24) is 24.8 Å². The Morgan fingerprint density at radius 2 is 1.76 bits per heavy atom. The Hall–Kier alpha value is -4.09. The molecule has 0 spiro atoms. The number of pyridine rings is 2. The first-order valence-electron chi connectivity index (χ1n) is 13.9. The second kappa shape index (κ2) is 12.8. The minimum Gasteiger partial charge on any atom is -0.383 e. The molecule has 0 aliphatic carbocycles. The van der Waals surface area contributed by atoms with Crippen molar-refractivity contribution in [1.29, 1.82) is 0 Å². The van der Waals surface area contributed by atoms with Gasteiger partial charge in [-0.2, -0.15) is 0 Å². The van der Waals surface area contributed by atoms with E-state index in [1.165, 1.54) is 23.5 Å². The second-order valence-electron chi connectivity index (χ2n) is 10.2. The number of hydrogen-bond donors (Lipinski definition) is 1. The van der Waals surface area contributed by atoms with Crippen LogP contribution in [0.2, 0.25) is 0 Å². The molecule has 6 rings (SSSR count). The summed E-state index contributed by atoms with van der Waals surface area (Å²) < 4.78 is 18.6. The predicted molar refractivity (Wildman–Crippen MR) is 164 cm³/mol. The molecule has 3 aromatic heterocycles. The van der Waals surface area contributed by atoms with Crippen LogP contribution in [0.1, 0.15) is 16.1 Å². The fourth-order valence-electron chi connectivity index (χ4n) is 5.02. The monoisotopic (exact) mass is 582 g/mol. The number of para-hydroxylation sites is 1. The Bertz CT molecular complexity index is 1680. The number of thiazole rings is 1. The van der Waals surface area contributed by atoms with Crippen LogP contribution in [-0.2, 0) is 11.3 Å². The average molecular weight is 583 g/mol. The maximum atomic E-state index is 13.4. The van der Waals surface area contributed by atoms with Crippen LogP contribution in [0.5, 0.6) is 0 Å². The molecule has 8 nitrogen and oxygen atoms in total. The van der Waals surface area contributed by atoms with Crippen LogP contribution >= 0.6 is 11.3 Å². The number of anilines is 1. The van der Waals surface area contributed by atoms with Crippen LogP contribution in [0, 0.1) is 5.82 Å². The third kappa shape index (κ3) is 6.52. The molecule has 10 heteroatoms. The largest absolute Gasteiger partial charge is 0.383 e. The van der Waals surface area contributed by atoms with Crippen molar-refractivity contribution in [2.75, 3.05) is 51.8 Å². The quantitative estimate of drug-likeness (QED) is 0.243. The van der Waals surface area contributed by atoms with Gasteiger partial charge in [-0.1, -0.05) is 29.5 Å². The summed E-state index contributed by atoms with van der Waals surface area (Å²) in [6.07, 6.45) is 1.94. The van der Waals surface area contributed by atoms with E-state index in [1.807, 2.05) is 30.5 Å². The highest BCUT2D eigenvalue weighted by Crippen LogP contribution is 2.34. The SMILES string of the molecule is COCCN1CCN(Cc2cnc3sc(-c4ccccc4NC(=O)c4cccc(-c5ccc(F)cc5)n4)nc3c2)CC1. The van der Waals surface area contributed by atoms with Gasteiger partial charge >= 0.3 is 0 Å². The molecular formula is C32H31FN6O2S. The summed E-state index contributed by atoms with van der Waals surface area (Å²) in [6.45, 7) is 6.67. The van der Waals surface area contributed by atoms with Gasteiger partial charge in [0.2, 0.25) is 0 Å². The zero-order valence-electron chi connectivity index (χ0n) is 23.3. The summed E-state index contributed by atoms with van der Waals surface area (Å²) in [6, 6.07) is 21.0. The van der Waals surface area contributed by atoms with Crippen molar-refractivity contribution in [2.45, 2.75) is 6.54 Å². The van der Waals surface area contributed by atoms with Crippen LogP contribution in [0.4, 0.5) is 10.1 Å². The third-order valence-corrected chi connectivity index (χ3v) is 8.33. The molecule has 5 aromatic rings. The summed E-state index contributed by atoms with van der Waals surface area (Å²) >= 11 is 1.50. The molecule has 0 saturated carbocycles. The van der Waals surface area contributed by atoms with Gasteiger partial charge in [0.1, 0.15) is 26.9 Å². The van der Waals surface area contributed by atoms with E-state index >= 15 is 0 Å². The molecule has 1 fully saturated rings. The Morgan fingerprint density at radius 3 is 2.57 bits per heavy atom. The van der Waals surface area contributed by atoms with Gasteiger partial charge < -0.3 is 10.1 Å². The number of methoxy groups -OCH3 is 1. The zero-order chi connectivity index (χ0) is 28.9. The molecule has 1 aliphatic heterocycles. The molecule has 0 atom stereocenters. The highest BCUT2D eigenvalue weighted by molar-refractivity contribution is 7.21. The molecule has 0 radical (unpaired) electrons. The molecule has 0 unspecified atom stereocenters. The molecular weight excluding hydrogens is 551 g/mol. The van der Waals surface area contributed by atoms with Crippen molar-refractivity contribution >= 4 is 33.3 Å². The molecule has 4 heterocycles. The smallest absolute Gasteiger partial charge is 0.274 e. The highest BCUT2D eigenvalue weighted by Gasteiger charge is 2.19. The number of rotatable bonds is 9. The topological polar surface area (TPSA) is 83.5 Å². The van der Waals surface area contributed by atoms with E-state index in [1.54, 1.807) is 37.4 Å². The number of nitrogens with zero attached hydrogens (tertiary/aromatic N) is 5. The lowest BCUT2D eigenvalue weighted by molar-refractivity contribution is 0.0938. The van der Waals surface area contributed by atoms with Crippen LogP contribution in [-0.4, -0.2) is 77.1 Å². The van der Waals surface area contributed by atoms with E-state index in [4.69, 9.17) is 14.7 Å². The number of nitrogens with one attached hydrogen (secondary N) is 1. The first kappa shape index (κ1) is 28.0. The Labute approximate surface area is 247 Å². The van der Waals surface area contributed by atoms with Gasteiger partial charge in [0.05, 0.1) is 18.0 Å². The van der Waals surface area contributed by atoms with E-state index in [0.717, 1.165) is 77.9 Å². The van der Waals surface area contributed by atoms with Gasteiger partial charge in [-0.05, 0) is 60.2 Å². The summed E-state index contributed by atoms with van der Waals surface area (Å²) in [5.41, 5.74) is 5.04. The predicted octanol–water partition coefficient (Wildman–Crippen LogP) is 5.58. The molecule has 0 bridgehead atoms. The highest BCUT2D eigenvalue weighted by atomic mass is 32.1. The number of fused-ring (bicyclic) bond motifs is 1. The van der Waals surface area contributed by atoms with E-state index in [9.17, 15) is 9.18 Å². The normalized spacial score (nSPS) is 14.3. The fraction of sp³-hybridized carbons (Fsp3) is 0.250. The van der Waals surface area contributed by atoms with Gasteiger partial charge in [0.15, 0.2) is 0 Å². The first-order valence-corrected chi connectivity index (χ1v) is 14.7. The number of ether oxygens (including phenoxy) is 1.